The van der Waals surface area contributed by atoms with Crippen LogP contribution in [0.3, 0.4) is 0 Å². The summed E-state index contributed by atoms with van der Waals surface area (Å²) >= 11 is 0. The van der Waals surface area contributed by atoms with Gasteiger partial charge in [0.1, 0.15) is 0 Å². The first-order valence-electron chi connectivity index (χ1n) is 12.0. The van der Waals surface area contributed by atoms with Crippen LogP contribution in [0.25, 0.3) is 0 Å². The highest BCUT2D eigenvalue weighted by atomic mass is 16.5. The molecule has 3 aliphatic rings. The Morgan fingerprint density at radius 2 is 0.885 bits per heavy atom. The van der Waals surface area contributed by atoms with Gasteiger partial charge in [-0.15, -0.1) is 0 Å². The fraction of sp³-hybridized carbons (Fsp3) is 1.00. The lowest BCUT2D eigenvalue weighted by Crippen LogP contribution is -2.29. The van der Waals surface area contributed by atoms with E-state index in [4.69, 9.17) is 9.47 Å². The van der Waals surface area contributed by atoms with Crippen molar-refractivity contribution >= 4 is 0 Å². The fourth-order valence-corrected chi connectivity index (χ4v) is 5.62. The normalized spacial score (nSPS) is 31.6. The molecule has 26 heavy (non-hydrogen) atoms. The molecule has 0 amide bonds. The van der Waals surface area contributed by atoms with E-state index >= 15 is 0 Å². The zero-order chi connectivity index (χ0) is 18.2. The molecule has 0 aromatic heterocycles. The molecule has 152 valence electrons. The molecule has 2 nitrogen and oxygen atoms in total. The number of hydrogen-bond donors (Lipinski definition) is 0. The molecule has 0 heterocycles. The average Bonchev–Trinajstić information content (AvgIpc) is 2.72. The van der Waals surface area contributed by atoms with Crippen LogP contribution in [0.15, 0.2) is 0 Å². The number of ether oxygens (including phenoxy) is 2. The van der Waals surface area contributed by atoms with Crippen molar-refractivity contribution < 1.29 is 9.47 Å². The van der Waals surface area contributed by atoms with Gasteiger partial charge >= 0.3 is 0 Å². The largest absolute Gasteiger partial charge is 0.378 e. The maximum absolute atomic E-state index is 6.30. The molecule has 0 aromatic carbocycles. The van der Waals surface area contributed by atoms with Crippen molar-refractivity contribution in [3.8, 4) is 0 Å². The predicted octanol–water partition coefficient (Wildman–Crippen LogP) is 6.76. The highest BCUT2D eigenvalue weighted by molar-refractivity contribution is 4.76. The summed E-state index contributed by atoms with van der Waals surface area (Å²) in [6, 6.07) is 0. The molecule has 3 rings (SSSR count). The van der Waals surface area contributed by atoms with E-state index in [2.05, 4.69) is 13.8 Å². The molecule has 0 saturated heterocycles. The summed E-state index contributed by atoms with van der Waals surface area (Å²) in [4.78, 5) is 0. The summed E-state index contributed by atoms with van der Waals surface area (Å²) in [6.07, 6.45) is 20.5. The Kier molecular flexibility index (Phi) is 8.78. The van der Waals surface area contributed by atoms with Gasteiger partial charge in [-0.2, -0.15) is 0 Å². The van der Waals surface area contributed by atoms with E-state index in [1.54, 1.807) is 0 Å². The highest BCUT2D eigenvalue weighted by Gasteiger charge is 2.26. The molecular weight excluding hydrogens is 320 g/mol. The summed E-state index contributed by atoms with van der Waals surface area (Å²) in [6.45, 7) is 6.65. The molecule has 2 unspecified atom stereocenters. The minimum atomic E-state index is 0.479. The Labute approximate surface area is 162 Å². The second kappa shape index (κ2) is 11.1. The van der Waals surface area contributed by atoms with Gasteiger partial charge in [-0.1, -0.05) is 38.5 Å². The Morgan fingerprint density at radius 1 is 0.538 bits per heavy atom. The SMILES string of the molecule is CC(OCC1CCC(COC(C)C2CCCCC2)CC1)C1CCCCC1. The third kappa shape index (κ3) is 6.51. The van der Waals surface area contributed by atoms with E-state index in [0.717, 1.165) is 36.9 Å². The summed E-state index contributed by atoms with van der Waals surface area (Å²) < 4.78 is 12.6. The van der Waals surface area contributed by atoms with Gasteiger partial charge < -0.3 is 9.47 Å². The zero-order valence-electron chi connectivity index (χ0n) is 17.6. The predicted molar refractivity (Wildman–Crippen MR) is 109 cm³/mol. The van der Waals surface area contributed by atoms with Crippen LogP contribution >= 0.6 is 0 Å². The molecule has 3 aliphatic carbocycles. The van der Waals surface area contributed by atoms with Gasteiger partial charge in [0.15, 0.2) is 0 Å². The Hall–Kier alpha value is -0.0800. The first kappa shape index (κ1) is 20.6. The van der Waals surface area contributed by atoms with E-state index in [0.29, 0.717) is 12.2 Å². The lowest BCUT2D eigenvalue weighted by atomic mass is 9.82. The monoisotopic (exact) mass is 364 g/mol. The van der Waals surface area contributed by atoms with Crippen molar-refractivity contribution in [1.82, 2.24) is 0 Å². The van der Waals surface area contributed by atoms with Gasteiger partial charge in [0, 0.05) is 13.2 Å². The Balaban J connectivity index is 1.26. The molecule has 0 N–H and O–H groups in total. The second-order valence-electron chi connectivity index (χ2n) is 9.76. The van der Waals surface area contributed by atoms with Crippen molar-refractivity contribution in [3.05, 3.63) is 0 Å². The van der Waals surface area contributed by atoms with Crippen molar-refractivity contribution in [3.63, 3.8) is 0 Å². The minimum Gasteiger partial charge on any atom is -0.378 e. The molecule has 0 aliphatic heterocycles. The van der Waals surface area contributed by atoms with Crippen molar-refractivity contribution in [1.29, 1.82) is 0 Å². The molecule has 3 fully saturated rings. The van der Waals surface area contributed by atoms with Gasteiger partial charge in [-0.05, 0) is 88.9 Å². The molecule has 0 spiro atoms. The average molecular weight is 365 g/mol. The van der Waals surface area contributed by atoms with Crippen LogP contribution in [0.2, 0.25) is 0 Å². The van der Waals surface area contributed by atoms with Crippen LogP contribution in [-0.2, 0) is 9.47 Å². The Morgan fingerprint density at radius 3 is 1.23 bits per heavy atom. The zero-order valence-corrected chi connectivity index (χ0v) is 17.6. The van der Waals surface area contributed by atoms with Gasteiger partial charge in [-0.3, -0.25) is 0 Å². The molecule has 2 heteroatoms. The topological polar surface area (TPSA) is 18.5 Å². The highest BCUT2D eigenvalue weighted by Crippen LogP contribution is 2.33. The van der Waals surface area contributed by atoms with Crippen LogP contribution < -0.4 is 0 Å². The van der Waals surface area contributed by atoms with Crippen LogP contribution in [0.4, 0.5) is 0 Å². The number of rotatable bonds is 8. The summed E-state index contributed by atoms with van der Waals surface area (Å²) in [5.41, 5.74) is 0. The maximum Gasteiger partial charge on any atom is 0.0575 e. The van der Waals surface area contributed by atoms with Crippen molar-refractivity contribution in [2.24, 2.45) is 23.7 Å². The van der Waals surface area contributed by atoms with Crippen LogP contribution in [-0.4, -0.2) is 25.4 Å². The maximum atomic E-state index is 6.30. The van der Waals surface area contributed by atoms with E-state index in [9.17, 15) is 0 Å². The molecule has 2 atom stereocenters. The molecule has 3 saturated carbocycles. The van der Waals surface area contributed by atoms with Gasteiger partial charge in [-0.25, -0.2) is 0 Å². The fourth-order valence-electron chi connectivity index (χ4n) is 5.62. The molecular formula is C24H44O2. The Bertz CT molecular complexity index is 326. The minimum absolute atomic E-state index is 0.479. The van der Waals surface area contributed by atoms with Gasteiger partial charge in [0.05, 0.1) is 12.2 Å². The van der Waals surface area contributed by atoms with Gasteiger partial charge in [0.25, 0.3) is 0 Å². The van der Waals surface area contributed by atoms with Crippen molar-refractivity contribution in [2.75, 3.05) is 13.2 Å². The number of hydrogen-bond acceptors (Lipinski definition) is 2. The first-order chi connectivity index (χ1) is 12.7. The van der Waals surface area contributed by atoms with Gasteiger partial charge in [0.2, 0.25) is 0 Å². The second-order valence-corrected chi connectivity index (χ2v) is 9.76. The standard InChI is InChI=1S/C24H44O2/c1-19(23-9-5-3-6-10-23)25-17-21-13-15-22(16-14-21)18-26-20(2)24-11-7-4-8-12-24/h19-24H,3-18H2,1-2H3. The van der Waals surface area contributed by atoms with Crippen LogP contribution in [0, 0.1) is 23.7 Å². The van der Waals surface area contributed by atoms with E-state index in [1.807, 2.05) is 0 Å². The van der Waals surface area contributed by atoms with Crippen LogP contribution in [0.1, 0.15) is 104 Å². The van der Waals surface area contributed by atoms with E-state index in [1.165, 1.54) is 89.9 Å². The third-order valence-corrected chi connectivity index (χ3v) is 7.78. The quantitative estimate of drug-likeness (QED) is 0.473. The van der Waals surface area contributed by atoms with Crippen molar-refractivity contribution in [2.45, 2.75) is 116 Å². The lowest BCUT2D eigenvalue weighted by molar-refractivity contribution is -0.0306. The van der Waals surface area contributed by atoms with E-state index < -0.39 is 0 Å². The summed E-state index contributed by atoms with van der Waals surface area (Å²) in [5.74, 6) is 3.26. The molecule has 0 radical (unpaired) electrons. The summed E-state index contributed by atoms with van der Waals surface area (Å²) in [5, 5.41) is 0. The molecule has 0 aromatic rings. The third-order valence-electron chi connectivity index (χ3n) is 7.78. The smallest absolute Gasteiger partial charge is 0.0575 e. The first-order valence-corrected chi connectivity index (χ1v) is 12.0. The summed E-state index contributed by atoms with van der Waals surface area (Å²) in [7, 11) is 0. The van der Waals surface area contributed by atoms with Crippen LogP contribution in [0.5, 0.6) is 0 Å². The van der Waals surface area contributed by atoms with E-state index in [-0.39, 0.29) is 0 Å². The lowest BCUT2D eigenvalue weighted by Gasteiger charge is -2.33. The molecule has 0 bridgehead atoms.